The first-order valence-corrected chi connectivity index (χ1v) is 9.27. The Morgan fingerprint density at radius 3 is 2.91 bits per heavy atom. The van der Waals surface area contributed by atoms with Gasteiger partial charge in [0.05, 0.1) is 17.1 Å². The van der Waals surface area contributed by atoms with Gasteiger partial charge in [0.2, 0.25) is 11.8 Å². The van der Waals surface area contributed by atoms with Crippen molar-refractivity contribution < 1.29 is 9.59 Å². The number of aromatic nitrogens is 1. The van der Waals surface area contributed by atoms with E-state index < -0.39 is 0 Å². The molecule has 1 unspecified atom stereocenters. The minimum absolute atomic E-state index is 0.117. The average molecular weight is 336 g/mol. The van der Waals surface area contributed by atoms with Crippen LogP contribution >= 0.6 is 11.3 Å². The summed E-state index contributed by atoms with van der Waals surface area (Å²) in [6.45, 7) is 7.53. The highest BCUT2D eigenvalue weighted by molar-refractivity contribution is 7.07. The van der Waals surface area contributed by atoms with Crippen molar-refractivity contribution in [3.05, 3.63) is 16.6 Å². The van der Waals surface area contributed by atoms with Gasteiger partial charge < -0.3 is 9.80 Å². The van der Waals surface area contributed by atoms with Gasteiger partial charge in [-0.05, 0) is 13.3 Å². The molecular weight excluding hydrogens is 312 g/mol. The predicted octanol–water partition coefficient (Wildman–Crippen LogP) is 1.05. The number of likely N-dealkylation sites (tertiary alicyclic amines) is 1. The molecule has 6 nitrogen and oxygen atoms in total. The number of amides is 2. The second kappa shape index (κ2) is 7.40. The predicted molar refractivity (Wildman–Crippen MR) is 88.9 cm³/mol. The van der Waals surface area contributed by atoms with Crippen molar-refractivity contribution in [1.82, 2.24) is 19.7 Å². The minimum atomic E-state index is -0.146. The van der Waals surface area contributed by atoms with E-state index in [9.17, 15) is 9.59 Å². The largest absolute Gasteiger partial charge is 0.342 e. The Balaban J connectivity index is 1.53. The van der Waals surface area contributed by atoms with E-state index in [0.29, 0.717) is 19.5 Å². The summed E-state index contributed by atoms with van der Waals surface area (Å²) < 4.78 is 0. The molecule has 1 aromatic rings. The molecule has 2 aliphatic heterocycles. The monoisotopic (exact) mass is 336 g/mol. The molecule has 0 aliphatic carbocycles. The molecular formula is C16H24N4O2S. The lowest BCUT2D eigenvalue weighted by Gasteiger charge is -2.24. The third kappa shape index (κ3) is 3.90. The molecule has 23 heavy (non-hydrogen) atoms. The highest BCUT2D eigenvalue weighted by atomic mass is 32.1. The van der Waals surface area contributed by atoms with E-state index in [1.54, 1.807) is 16.2 Å². The molecule has 3 rings (SSSR count). The van der Waals surface area contributed by atoms with Gasteiger partial charge in [-0.3, -0.25) is 14.5 Å². The second-order valence-corrected chi connectivity index (χ2v) is 6.99. The molecule has 2 saturated heterocycles. The van der Waals surface area contributed by atoms with Crippen LogP contribution in [-0.4, -0.2) is 70.8 Å². The van der Waals surface area contributed by atoms with Crippen LogP contribution in [0.4, 0.5) is 0 Å². The molecule has 1 aromatic heterocycles. The standard InChI is InChI=1S/C16H24N4O2S/c1-2-19-9-13(8-15(19)21)16(22)20-5-3-4-18(6-7-20)10-14-11-23-12-17-14/h11-13H,2-10H2,1H3. The van der Waals surface area contributed by atoms with E-state index in [4.69, 9.17) is 0 Å². The molecule has 2 amide bonds. The zero-order valence-electron chi connectivity index (χ0n) is 13.6. The lowest BCUT2D eigenvalue weighted by atomic mass is 10.1. The van der Waals surface area contributed by atoms with Gasteiger partial charge in [-0.15, -0.1) is 11.3 Å². The first-order valence-electron chi connectivity index (χ1n) is 8.33. The number of carbonyl (C=O) groups is 2. The van der Waals surface area contributed by atoms with Crippen molar-refractivity contribution in [3.8, 4) is 0 Å². The van der Waals surface area contributed by atoms with Crippen LogP contribution in [0, 0.1) is 5.92 Å². The zero-order chi connectivity index (χ0) is 16.2. The summed E-state index contributed by atoms with van der Waals surface area (Å²) in [5.41, 5.74) is 2.97. The zero-order valence-corrected chi connectivity index (χ0v) is 14.4. The molecule has 126 valence electrons. The average Bonchev–Trinajstić information content (AvgIpc) is 3.12. The van der Waals surface area contributed by atoms with Crippen LogP contribution in [-0.2, 0) is 16.1 Å². The molecule has 0 N–H and O–H groups in total. The smallest absolute Gasteiger partial charge is 0.228 e. The number of hydrogen-bond acceptors (Lipinski definition) is 5. The maximum atomic E-state index is 12.7. The molecule has 0 bridgehead atoms. The van der Waals surface area contributed by atoms with Crippen LogP contribution in [0.5, 0.6) is 0 Å². The third-order valence-electron chi connectivity index (χ3n) is 4.71. The lowest BCUT2D eigenvalue weighted by molar-refractivity contribution is -0.135. The summed E-state index contributed by atoms with van der Waals surface area (Å²) in [6.07, 6.45) is 1.36. The van der Waals surface area contributed by atoms with E-state index in [1.165, 1.54) is 0 Å². The lowest BCUT2D eigenvalue weighted by Crippen LogP contribution is -2.39. The minimum Gasteiger partial charge on any atom is -0.342 e. The van der Waals surface area contributed by atoms with Crippen molar-refractivity contribution >= 4 is 23.2 Å². The molecule has 3 heterocycles. The van der Waals surface area contributed by atoms with E-state index in [1.807, 2.05) is 17.3 Å². The Hall–Kier alpha value is -1.47. The maximum absolute atomic E-state index is 12.7. The number of rotatable bonds is 4. The van der Waals surface area contributed by atoms with Gasteiger partial charge in [0, 0.05) is 57.6 Å². The first kappa shape index (κ1) is 16.4. The van der Waals surface area contributed by atoms with Crippen LogP contribution in [0.15, 0.2) is 10.9 Å². The van der Waals surface area contributed by atoms with Crippen molar-refractivity contribution in [1.29, 1.82) is 0 Å². The van der Waals surface area contributed by atoms with Gasteiger partial charge in [-0.25, -0.2) is 4.98 Å². The highest BCUT2D eigenvalue weighted by Crippen LogP contribution is 2.21. The molecule has 0 radical (unpaired) electrons. The van der Waals surface area contributed by atoms with E-state index in [2.05, 4.69) is 15.3 Å². The fraction of sp³-hybridized carbons (Fsp3) is 0.688. The molecule has 0 saturated carbocycles. The third-order valence-corrected chi connectivity index (χ3v) is 5.35. The maximum Gasteiger partial charge on any atom is 0.228 e. The normalized spacial score (nSPS) is 23.3. The van der Waals surface area contributed by atoms with Crippen LogP contribution in [0.25, 0.3) is 0 Å². The fourth-order valence-electron chi connectivity index (χ4n) is 3.40. The van der Waals surface area contributed by atoms with Crippen LogP contribution in [0.2, 0.25) is 0 Å². The Morgan fingerprint density at radius 2 is 2.22 bits per heavy atom. The molecule has 7 heteroatoms. The summed E-state index contributed by atoms with van der Waals surface area (Å²) in [6, 6.07) is 0. The summed E-state index contributed by atoms with van der Waals surface area (Å²) >= 11 is 1.62. The quantitative estimate of drug-likeness (QED) is 0.825. The molecule has 2 aliphatic rings. The Morgan fingerprint density at radius 1 is 1.35 bits per heavy atom. The highest BCUT2D eigenvalue weighted by Gasteiger charge is 2.36. The number of carbonyl (C=O) groups excluding carboxylic acids is 2. The van der Waals surface area contributed by atoms with Crippen LogP contribution < -0.4 is 0 Å². The molecule has 1 atom stereocenters. The Bertz CT molecular complexity index is 548. The van der Waals surface area contributed by atoms with Gasteiger partial charge >= 0.3 is 0 Å². The molecule has 0 aromatic carbocycles. The topological polar surface area (TPSA) is 56.8 Å². The van der Waals surface area contributed by atoms with Gasteiger partial charge in [0.25, 0.3) is 0 Å². The summed E-state index contributed by atoms with van der Waals surface area (Å²) in [7, 11) is 0. The van der Waals surface area contributed by atoms with Crippen molar-refractivity contribution in [2.45, 2.75) is 26.3 Å². The number of nitrogens with zero attached hydrogens (tertiary/aromatic N) is 4. The van der Waals surface area contributed by atoms with E-state index >= 15 is 0 Å². The Kier molecular flexibility index (Phi) is 5.27. The molecule has 0 spiro atoms. The van der Waals surface area contributed by atoms with Crippen molar-refractivity contribution in [2.75, 3.05) is 39.3 Å². The SMILES string of the molecule is CCN1CC(C(=O)N2CCCN(Cc3cscn3)CC2)CC1=O. The second-order valence-electron chi connectivity index (χ2n) is 6.27. The van der Waals surface area contributed by atoms with Crippen molar-refractivity contribution in [3.63, 3.8) is 0 Å². The first-order chi connectivity index (χ1) is 11.2. The Labute approximate surface area is 141 Å². The molecule has 2 fully saturated rings. The number of hydrogen-bond donors (Lipinski definition) is 0. The van der Waals surface area contributed by atoms with E-state index in [0.717, 1.165) is 44.8 Å². The van der Waals surface area contributed by atoms with E-state index in [-0.39, 0.29) is 17.7 Å². The number of thiazole rings is 1. The van der Waals surface area contributed by atoms with Crippen molar-refractivity contribution in [2.24, 2.45) is 5.92 Å². The van der Waals surface area contributed by atoms with Gasteiger partial charge in [0.15, 0.2) is 0 Å². The summed E-state index contributed by atoms with van der Waals surface area (Å²) in [5, 5.41) is 2.08. The van der Waals surface area contributed by atoms with Gasteiger partial charge in [-0.2, -0.15) is 0 Å². The summed E-state index contributed by atoms with van der Waals surface area (Å²) in [5.74, 6) is 0.128. The van der Waals surface area contributed by atoms with Gasteiger partial charge in [0.1, 0.15) is 0 Å². The summed E-state index contributed by atoms with van der Waals surface area (Å²) in [4.78, 5) is 35.0. The van der Waals surface area contributed by atoms with Crippen LogP contribution in [0.3, 0.4) is 0 Å². The van der Waals surface area contributed by atoms with Crippen LogP contribution in [0.1, 0.15) is 25.5 Å². The van der Waals surface area contributed by atoms with Gasteiger partial charge in [-0.1, -0.05) is 0 Å². The fourth-order valence-corrected chi connectivity index (χ4v) is 3.95.